The zero-order valence-electron chi connectivity index (χ0n) is 12.8. The third kappa shape index (κ3) is 3.26. The maximum atomic E-state index is 12.1. The van der Waals surface area contributed by atoms with Gasteiger partial charge in [-0.25, -0.2) is 9.97 Å². The van der Waals surface area contributed by atoms with Crippen LogP contribution in [0.1, 0.15) is 29.9 Å². The summed E-state index contributed by atoms with van der Waals surface area (Å²) in [6, 6.07) is -0.298. The average Bonchev–Trinajstić information content (AvgIpc) is 2.84. The molecule has 3 rings (SSSR count). The highest BCUT2D eigenvalue weighted by Crippen LogP contribution is 2.24. The summed E-state index contributed by atoms with van der Waals surface area (Å²) in [4.78, 5) is 23.2. The Morgan fingerprint density at radius 3 is 3.09 bits per heavy atom. The van der Waals surface area contributed by atoms with Crippen LogP contribution in [0.5, 0.6) is 0 Å². The Labute approximate surface area is 129 Å². The third-order valence-electron chi connectivity index (χ3n) is 4.54. The first-order chi connectivity index (χ1) is 10.5. The van der Waals surface area contributed by atoms with Gasteiger partial charge in [-0.3, -0.25) is 4.79 Å². The van der Waals surface area contributed by atoms with Gasteiger partial charge in [0.1, 0.15) is 5.82 Å². The molecule has 120 valence electrons. The summed E-state index contributed by atoms with van der Waals surface area (Å²) in [6.45, 7) is 2.19. The van der Waals surface area contributed by atoms with E-state index in [-0.39, 0.29) is 17.9 Å². The number of carbonyl (C=O) groups excluding carboxylic acids is 1. The third-order valence-corrected chi connectivity index (χ3v) is 4.54. The fraction of sp³-hybridized carbons (Fsp3) is 0.667. The molecule has 3 atom stereocenters. The Hall–Kier alpha value is -1.57. The zero-order chi connectivity index (χ0) is 15.7. The van der Waals surface area contributed by atoms with Crippen LogP contribution in [-0.4, -0.2) is 51.6 Å². The van der Waals surface area contributed by atoms with Crippen molar-refractivity contribution in [1.29, 1.82) is 0 Å². The van der Waals surface area contributed by atoms with E-state index < -0.39 is 6.10 Å². The minimum atomic E-state index is -0.576. The number of amides is 1. The topological polar surface area (TPSA) is 104 Å². The second-order valence-corrected chi connectivity index (χ2v) is 6.36. The zero-order valence-corrected chi connectivity index (χ0v) is 12.8. The molecule has 1 amide bonds. The second-order valence-electron chi connectivity index (χ2n) is 6.36. The van der Waals surface area contributed by atoms with E-state index in [2.05, 4.69) is 27.2 Å². The van der Waals surface area contributed by atoms with E-state index in [1.54, 1.807) is 0 Å². The lowest BCUT2D eigenvalue weighted by Crippen LogP contribution is -2.31. The predicted molar refractivity (Wildman–Crippen MR) is 80.6 cm³/mol. The summed E-state index contributed by atoms with van der Waals surface area (Å²) in [7, 11) is 2.08. The van der Waals surface area contributed by atoms with Gasteiger partial charge in [-0.05, 0) is 19.9 Å². The molecular formula is C15H23N5O2. The number of rotatable bonds is 3. The fourth-order valence-corrected chi connectivity index (χ4v) is 3.16. The van der Waals surface area contributed by atoms with Crippen molar-refractivity contribution in [2.45, 2.75) is 44.5 Å². The lowest BCUT2D eigenvalue weighted by atomic mass is 10.1. The maximum absolute atomic E-state index is 12.1. The molecular weight excluding hydrogens is 282 g/mol. The lowest BCUT2D eigenvalue weighted by Gasteiger charge is -2.23. The van der Waals surface area contributed by atoms with E-state index in [9.17, 15) is 9.90 Å². The SMILES string of the molecule is CN1CCc2nc(CNC(=O)[C@H]3C[C@@H](N)[C@H](O)C3)ncc2C1. The number of carbonyl (C=O) groups is 1. The number of nitrogens with one attached hydrogen (secondary N) is 1. The largest absolute Gasteiger partial charge is 0.391 e. The van der Waals surface area contributed by atoms with E-state index in [1.807, 2.05) is 6.20 Å². The van der Waals surface area contributed by atoms with Gasteiger partial charge in [0.2, 0.25) is 5.91 Å². The van der Waals surface area contributed by atoms with E-state index in [4.69, 9.17) is 5.73 Å². The van der Waals surface area contributed by atoms with Crippen LogP contribution in [0.15, 0.2) is 6.20 Å². The first kappa shape index (κ1) is 15.3. The number of hydrogen-bond acceptors (Lipinski definition) is 6. The molecule has 0 bridgehead atoms. The molecule has 1 aliphatic carbocycles. The monoisotopic (exact) mass is 305 g/mol. The molecule has 1 aromatic heterocycles. The van der Waals surface area contributed by atoms with Crippen LogP contribution >= 0.6 is 0 Å². The van der Waals surface area contributed by atoms with Gasteiger partial charge in [0, 0.05) is 48.9 Å². The van der Waals surface area contributed by atoms with E-state index >= 15 is 0 Å². The maximum Gasteiger partial charge on any atom is 0.223 e. The molecule has 1 fully saturated rings. The average molecular weight is 305 g/mol. The molecule has 0 spiro atoms. The van der Waals surface area contributed by atoms with Crippen molar-refractivity contribution in [1.82, 2.24) is 20.2 Å². The molecule has 2 aliphatic rings. The van der Waals surface area contributed by atoms with Crippen molar-refractivity contribution in [3.8, 4) is 0 Å². The molecule has 4 N–H and O–H groups in total. The van der Waals surface area contributed by atoms with Crippen LogP contribution in [0.3, 0.4) is 0 Å². The Kier molecular flexibility index (Phi) is 4.37. The van der Waals surface area contributed by atoms with Crippen LogP contribution < -0.4 is 11.1 Å². The molecule has 1 aliphatic heterocycles. The van der Waals surface area contributed by atoms with Crippen LogP contribution in [0.25, 0.3) is 0 Å². The van der Waals surface area contributed by atoms with Crippen molar-refractivity contribution >= 4 is 5.91 Å². The molecule has 0 unspecified atom stereocenters. The molecule has 7 heteroatoms. The fourth-order valence-electron chi connectivity index (χ4n) is 3.16. The molecule has 1 saturated carbocycles. The molecule has 0 aromatic carbocycles. The summed E-state index contributed by atoms with van der Waals surface area (Å²) in [5.74, 6) is 0.351. The van der Waals surface area contributed by atoms with Crippen molar-refractivity contribution < 1.29 is 9.90 Å². The van der Waals surface area contributed by atoms with Crippen molar-refractivity contribution in [2.24, 2.45) is 11.7 Å². The summed E-state index contributed by atoms with van der Waals surface area (Å²) in [5, 5.41) is 12.5. The van der Waals surface area contributed by atoms with E-state index in [0.717, 1.165) is 30.8 Å². The van der Waals surface area contributed by atoms with Gasteiger partial charge < -0.3 is 21.1 Å². The minimum Gasteiger partial charge on any atom is -0.391 e. The highest BCUT2D eigenvalue weighted by molar-refractivity contribution is 5.79. The Bertz CT molecular complexity index is 555. The van der Waals surface area contributed by atoms with Crippen molar-refractivity contribution in [3.63, 3.8) is 0 Å². The van der Waals surface area contributed by atoms with Crippen molar-refractivity contribution in [3.05, 3.63) is 23.3 Å². The summed E-state index contributed by atoms with van der Waals surface area (Å²) >= 11 is 0. The number of nitrogens with zero attached hydrogens (tertiary/aromatic N) is 3. The van der Waals surface area contributed by atoms with Crippen LogP contribution in [-0.2, 0) is 24.3 Å². The number of aliphatic hydroxyl groups is 1. The van der Waals surface area contributed by atoms with Gasteiger partial charge in [0.25, 0.3) is 0 Å². The normalized spacial score (nSPS) is 28.4. The van der Waals surface area contributed by atoms with Gasteiger partial charge in [0.05, 0.1) is 12.6 Å². The molecule has 0 saturated heterocycles. The second kappa shape index (κ2) is 6.28. The minimum absolute atomic E-state index is 0.0759. The molecule has 7 nitrogen and oxygen atoms in total. The van der Waals surface area contributed by atoms with Crippen LogP contribution in [0.2, 0.25) is 0 Å². The van der Waals surface area contributed by atoms with Gasteiger partial charge in [-0.2, -0.15) is 0 Å². The smallest absolute Gasteiger partial charge is 0.223 e. The standard InChI is InChI=1S/C15H23N5O2/c1-20-3-2-12-10(8-20)6-17-14(19-12)7-18-15(22)9-4-11(16)13(21)5-9/h6,9,11,13,21H,2-5,7-8,16H2,1H3,(H,18,22)/t9-,11+,13+/m0/s1. The quantitative estimate of drug-likeness (QED) is 0.674. The first-order valence-corrected chi connectivity index (χ1v) is 7.76. The number of likely N-dealkylation sites (N-methyl/N-ethyl adjacent to an activating group) is 1. The van der Waals surface area contributed by atoms with Gasteiger partial charge in [0.15, 0.2) is 0 Å². The number of nitrogens with two attached hydrogens (primary N) is 1. The highest BCUT2D eigenvalue weighted by Gasteiger charge is 2.34. The first-order valence-electron chi connectivity index (χ1n) is 7.76. The number of hydrogen-bond donors (Lipinski definition) is 3. The predicted octanol–water partition coefficient (Wildman–Crippen LogP) is -0.821. The van der Waals surface area contributed by atoms with E-state index in [1.165, 1.54) is 0 Å². The number of aliphatic hydroxyl groups excluding tert-OH is 1. The molecule has 0 radical (unpaired) electrons. The summed E-state index contributed by atoms with van der Waals surface area (Å²) in [6.07, 6.45) is 3.16. The summed E-state index contributed by atoms with van der Waals surface area (Å²) in [5.41, 5.74) is 7.98. The molecule has 22 heavy (non-hydrogen) atoms. The van der Waals surface area contributed by atoms with Gasteiger partial charge in [-0.15, -0.1) is 0 Å². The van der Waals surface area contributed by atoms with Gasteiger partial charge >= 0.3 is 0 Å². The Morgan fingerprint density at radius 2 is 2.36 bits per heavy atom. The molecule has 1 aromatic rings. The Morgan fingerprint density at radius 1 is 1.55 bits per heavy atom. The van der Waals surface area contributed by atoms with Gasteiger partial charge in [-0.1, -0.05) is 0 Å². The van der Waals surface area contributed by atoms with Crippen LogP contribution in [0, 0.1) is 5.92 Å². The molecule has 2 heterocycles. The van der Waals surface area contributed by atoms with Crippen LogP contribution in [0.4, 0.5) is 0 Å². The Balaban J connectivity index is 1.57. The number of aromatic nitrogens is 2. The van der Waals surface area contributed by atoms with Crippen molar-refractivity contribution in [2.75, 3.05) is 13.6 Å². The highest BCUT2D eigenvalue weighted by atomic mass is 16.3. The lowest BCUT2D eigenvalue weighted by molar-refractivity contribution is -0.125. The van der Waals surface area contributed by atoms with E-state index in [0.29, 0.717) is 25.2 Å². The summed E-state index contributed by atoms with van der Waals surface area (Å²) < 4.78 is 0. The number of fused-ring (bicyclic) bond motifs is 1.